The number of anilines is 1. The van der Waals surface area contributed by atoms with Crippen LogP contribution in [0.2, 0.25) is 0 Å². The summed E-state index contributed by atoms with van der Waals surface area (Å²) in [4.78, 5) is 4.25. The fourth-order valence-electron chi connectivity index (χ4n) is 1.45. The normalized spacial score (nSPS) is 13.7. The lowest BCUT2D eigenvalue weighted by atomic mass is 10.3. The Labute approximate surface area is 118 Å². The summed E-state index contributed by atoms with van der Waals surface area (Å²) in [6.07, 6.45) is 0. The van der Waals surface area contributed by atoms with Gasteiger partial charge in [-0.1, -0.05) is 6.92 Å². The van der Waals surface area contributed by atoms with Crippen molar-refractivity contribution >= 4 is 47.9 Å². The summed E-state index contributed by atoms with van der Waals surface area (Å²) in [6, 6.07) is 5.28. The Morgan fingerprint density at radius 1 is 1.42 bits per heavy atom. The molecule has 0 aliphatic rings. The summed E-state index contributed by atoms with van der Waals surface area (Å²) in [5.41, 5.74) is 7.03. The zero-order valence-electron chi connectivity index (χ0n) is 10.3. The van der Waals surface area contributed by atoms with Crippen LogP contribution in [0.4, 0.5) is 5.69 Å². The van der Waals surface area contributed by atoms with Crippen molar-refractivity contribution < 1.29 is 12.6 Å². The van der Waals surface area contributed by atoms with Crippen molar-refractivity contribution in [3.8, 4) is 0 Å². The number of rotatable bonds is 5. The quantitative estimate of drug-likeness (QED) is 0.842. The van der Waals surface area contributed by atoms with Crippen molar-refractivity contribution in [2.45, 2.75) is 11.3 Å². The Morgan fingerprint density at radius 3 is 2.84 bits per heavy atom. The number of fused-ring (bicyclic) bond motifs is 1. The van der Waals surface area contributed by atoms with Gasteiger partial charge in [-0.25, -0.2) is 13.4 Å². The maximum Gasteiger partial charge on any atom is 0.181 e. The predicted molar refractivity (Wildman–Crippen MR) is 79.6 cm³/mol. The highest BCUT2D eigenvalue weighted by molar-refractivity contribution is 7.93. The fraction of sp³-hybridized carbons (Fsp3) is 0.364. The molecule has 1 heterocycles. The number of nitrogen functional groups attached to an aromatic ring is 1. The molecule has 1 aromatic heterocycles. The van der Waals surface area contributed by atoms with Crippen LogP contribution in [0.15, 0.2) is 22.5 Å². The van der Waals surface area contributed by atoms with E-state index in [0.29, 0.717) is 10.0 Å². The molecule has 0 spiro atoms. The Kier molecular flexibility index (Phi) is 4.22. The highest BCUT2D eigenvalue weighted by atomic mass is 32.2. The lowest BCUT2D eigenvalue weighted by Crippen LogP contribution is -2.15. The third kappa shape index (κ3) is 3.52. The van der Waals surface area contributed by atoms with E-state index in [1.807, 2.05) is 0 Å². The molecule has 2 rings (SSSR count). The van der Waals surface area contributed by atoms with Gasteiger partial charge in [-0.05, 0) is 18.2 Å². The lowest BCUT2D eigenvalue weighted by Gasteiger charge is -1.99. The van der Waals surface area contributed by atoms with E-state index in [9.17, 15) is 12.6 Å². The molecule has 0 amide bonds. The van der Waals surface area contributed by atoms with Gasteiger partial charge in [0.15, 0.2) is 14.2 Å². The van der Waals surface area contributed by atoms with E-state index in [4.69, 9.17) is 5.73 Å². The molecule has 19 heavy (non-hydrogen) atoms. The van der Waals surface area contributed by atoms with Crippen LogP contribution >= 0.6 is 11.3 Å². The van der Waals surface area contributed by atoms with Crippen LogP contribution in [0.25, 0.3) is 10.2 Å². The number of thiazole rings is 1. The Hall–Kier alpha value is -0.990. The minimum Gasteiger partial charge on any atom is -0.399 e. The highest BCUT2D eigenvalue weighted by Crippen LogP contribution is 2.26. The SMILES string of the molecule is CCS(=O)(=O)CCS(=O)c1nc2ccc(N)cc2s1. The van der Waals surface area contributed by atoms with Gasteiger partial charge in [0.2, 0.25) is 0 Å². The topological polar surface area (TPSA) is 90.1 Å². The van der Waals surface area contributed by atoms with Gasteiger partial charge in [0.05, 0.1) is 26.8 Å². The molecule has 104 valence electrons. The smallest absolute Gasteiger partial charge is 0.181 e. The molecular weight excluding hydrogens is 304 g/mol. The number of benzene rings is 1. The third-order valence-electron chi connectivity index (χ3n) is 2.61. The zero-order chi connectivity index (χ0) is 14.0. The standard InChI is InChI=1S/C11H14N2O3S3/c1-2-19(15,16)6-5-18(14)11-13-9-4-3-8(12)7-10(9)17-11/h3-4,7H,2,5-6,12H2,1H3. The minimum atomic E-state index is -3.10. The van der Waals surface area contributed by atoms with Gasteiger partial charge < -0.3 is 5.73 Å². The Balaban J connectivity index is 2.18. The summed E-state index contributed by atoms with van der Waals surface area (Å²) < 4.78 is 36.1. The molecule has 0 bridgehead atoms. The summed E-state index contributed by atoms with van der Waals surface area (Å²) >= 11 is 1.29. The van der Waals surface area contributed by atoms with E-state index in [1.165, 1.54) is 11.3 Å². The third-order valence-corrected chi connectivity index (χ3v) is 7.25. The molecule has 5 nitrogen and oxygen atoms in total. The number of hydrogen-bond acceptors (Lipinski definition) is 6. The van der Waals surface area contributed by atoms with Crippen LogP contribution in [0.5, 0.6) is 0 Å². The van der Waals surface area contributed by atoms with Crippen LogP contribution < -0.4 is 5.73 Å². The molecule has 1 atom stereocenters. The number of nitrogens with two attached hydrogens (primary N) is 1. The summed E-state index contributed by atoms with van der Waals surface area (Å²) in [6.45, 7) is 1.58. The summed E-state index contributed by atoms with van der Waals surface area (Å²) in [5.74, 6) is 0.0836. The van der Waals surface area contributed by atoms with Crippen LogP contribution in [-0.2, 0) is 20.6 Å². The molecule has 8 heteroatoms. The number of hydrogen-bond donors (Lipinski definition) is 1. The van der Waals surface area contributed by atoms with E-state index in [0.717, 1.165) is 10.2 Å². The largest absolute Gasteiger partial charge is 0.399 e. The van der Waals surface area contributed by atoms with Gasteiger partial charge in [0.1, 0.15) is 0 Å². The molecule has 1 aromatic carbocycles. The molecular formula is C11H14N2O3S3. The number of aromatic nitrogens is 1. The second-order valence-electron chi connectivity index (χ2n) is 3.99. The van der Waals surface area contributed by atoms with Gasteiger partial charge in [0.25, 0.3) is 0 Å². The van der Waals surface area contributed by atoms with E-state index in [2.05, 4.69) is 4.98 Å². The molecule has 0 fully saturated rings. The monoisotopic (exact) mass is 318 g/mol. The van der Waals surface area contributed by atoms with Gasteiger partial charge >= 0.3 is 0 Å². The zero-order valence-corrected chi connectivity index (χ0v) is 12.8. The van der Waals surface area contributed by atoms with Crippen molar-refractivity contribution in [3.05, 3.63) is 18.2 Å². The van der Waals surface area contributed by atoms with Crippen LogP contribution in [0.1, 0.15) is 6.92 Å². The Bertz CT molecular complexity index is 722. The average Bonchev–Trinajstić information content (AvgIpc) is 2.79. The first-order chi connectivity index (χ1) is 8.91. The molecule has 0 saturated heterocycles. The molecule has 0 radical (unpaired) electrons. The van der Waals surface area contributed by atoms with Crippen molar-refractivity contribution in [2.24, 2.45) is 0 Å². The second-order valence-corrected chi connectivity index (χ2v) is 9.24. The van der Waals surface area contributed by atoms with Crippen LogP contribution in [-0.4, -0.2) is 34.9 Å². The molecule has 0 saturated carbocycles. The minimum absolute atomic E-state index is 0.0700. The Morgan fingerprint density at radius 2 is 2.16 bits per heavy atom. The lowest BCUT2D eigenvalue weighted by molar-refractivity contribution is 0.598. The first-order valence-electron chi connectivity index (χ1n) is 5.66. The number of sulfone groups is 1. The maximum absolute atomic E-state index is 12.0. The predicted octanol–water partition coefficient (Wildman–Crippen LogP) is 1.42. The van der Waals surface area contributed by atoms with Crippen LogP contribution in [0.3, 0.4) is 0 Å². The molecule has 2 N–H and O–H groups in total. The number of nitrogens with zero attached hydrogens (tertiary/aromatic N) is 1. The molecule has 0 aliphatic carbocycles. The van der Waals surface area contributed by atoms with Crippen molar-refractivity contribution in [2.75, 3.05) is 23.0 Å². The van der Waals surface area contributed by atoms with Gasteiger partial charge in [-0.15, -0.1) is 11.3 Å². The maximum atomic E-state index is 12.0. The first-order valence-corrected chi connectivity index (χ1v) is 9.62. The van der Waals surface area contributed by atoms with Crippen LogP contribution in [0, 0.1) is 0 Å². The molecule has 1 unspecified atom stereocenters. The first kappa shape index (κ1) is 14.4. The average molecular weight is 318 g/mol. The van der Waals surface area contributed by atoms with Crippen molar-refractivity contribution in [1.82, 2.24) is 4.98 Å². The fourth-order valence-corrected chi connectivity index (χ4v) is 5.37. The van der Waals surface area contributed by atoms with E-state index < -0.39 is 20.6 Å². The van der Waals surface area contributed by atoms with Gasteiger partial charge in [-0.3, -0.25) is 4.21 Å². The van der Waals surface area contributed by atoms with E-state index in [1.54, 1.807) is 25.1 Å². The highest BCUT2D eigenvalue weighted by Gasteiger charge is 2.15. The van der Waals surface area contributed by atoms with Gasteiger partial charge in [-0.2, -0.15) is 0 Å². The van der Waals surface area contributed by atoms with Gasteiger partial charge in [0, 0.05) is 17.2 Å². The van der Waals surface area contributed by atoms with E-state index in [-0.39, 0.29) is 17.3 Å². The second kappa shape index (κ2) is 5.56. The van der Waals surface area contributed by atoms with Crippen molar-refractivity contribution in [3.63, 3.8) is 0 Å². The molecule has 2 aromatic rings. The molecule has 0 aliphatic heterocycles. The van der Waals surface area contributed by atoms with E-state index >= 15 is 0 Å². The summed E-state index contributed by atoms with van der Waals surface area (Å²) in [5, 5.41) is 0. The van der Waals surface area contributed by atoms with Crippen molar-refractivity contribution in [1.29, 1.82) is 0 Å². The summed E-state index contributed by atoms with van der Waals surface area (Å²) in [7, 11) is -4.48.